The first kappa shape index (κ1) is 30.0. The summed E-state index contributed by atoms with van der Waals surface area (Å²) in [6, 6.07) is 58.4. The zero-order valence-electron chi connectivity index (χ0n) is 27.5. The van der Waals surface area contributed by atoms with E-state index in [1.807, 2.05) is 6.08 Å². The lowest BCUT2D eigenvalue weighted by molar-refractivity contribution is 1.18. The Morgan fingerprint density at radius 3 is 1.86 bits per heavy atom. The van der Waals surface area contributed by atoms with Crippen molar-refractivity contribution in [2.75, 3.05) is 5.32 Å². The Balaban J connectivity index is 1.01. The van der Waals surface area contributed by atoms with Crippen molar-refractivity contribution in [3.8, 4) is 16.8 Å². The maximum absolute atomic E-state index is 3.98. The zero-order chi connectivity index (χ0) is 33.2. The summed E-state index contributed by atoms with van der Waals surface area (Å²) in [6.45, 7) is 6.15. The molecule has 0 saturated heterocycles. The van der Waals surface area contributed by atoms with E-state index in [9.17, 15) is 0 Å². The average Bonchev–Trinajstić information content (AvgIpc) is 3.49. The zero-order valence-corrected chi connectivity index (χ0v) is 27.5. The van der Waals surface area contributed by atoms with Gasteiger partial charge in [-0.25, -0.2) is 0 Å². The first-order valence-corrected chi connectivity index (χ1v) is 16.7. The minimum atomic E-state index is 1.05. The van der Waals surface area contributed by atoms with Crippen molar-refractivity contribution in [3.05, 3.63) is 200 Å². The molecule has 7 aromatic carbocycles. The molecule has 0 unspecified atom stereocenters. The van der Waals surface area contributed by atoms with E-state index in [-0.39, 0.29) is 0 Å². The summed E-state index contributed by atoms with van der Waals surface area (Å²) < 4.78 is 2.37. The van der Waals surface area contributed by atoms with Gasteiger partial charge >= 0.3 is 0 Å². The quantitative estimate of drug-likeness (QED) is 0.166. The van der Waals surface area contributed by atoms with Crippen molar-refractivity contribution in [1.82, 2.24) is 4.57 Å². The van der Waals surface area contributed by atoms with Crippen LogP contribution >= 0.6 is 0 Å². The highest BCUT2D eigenvalue weighted by molar-refractivity contribution is 6.09. The van der Waals surface area contributed by atoms with Gasteiger partial charge in [-0.15, -0.1) is 0 Å². The van der Waals surface area contributed by atoms with Crippen LogP contribution < -0.4 is 5.32 Å². The molecule has 49 heavy (non-hydrogen) atoms. The van der Waals surface area contributed by atoms with Crippen molar-refractivity contribution in [1.29, 1.82) is 0 Å². The minimum absolute atomic E-state index is 1.05. The van der Waals surface area contributed by atoms with E-state index in [4.69, 9.17) is 0 Å². The van der Waals surface area contributed by atoms with Gasteiger partial charge in [0, 0.05) is 27.8 Å². The Kier molecular flexibility index (Phi) is 7.97. The molecule has 1 N–H and O–H groups in total. The van der Waals surface area contributed by atoms with E-state index in [0.717, 1.165) is 22.6 Å². The Bertz CT molecular complexity index is 2470. The van der Waals surface area contributed by atoms with Crippen LogP contribution in [0.2, 0.25) is 0 Å². The topological polar surface area (TPSA) is 17.0 Å². The van der Waals surface area contributed by atoms with Crippen molar-refractivity contribution in [2.45, 2.75) is 6.92 Å². The van der Waals surface area contributed by atoms with Gasteiger partial charge in [0.1, 0.15) is 0 Å². The van der Waals surface area contributed by atoms with Crippen LogP contribution in [-0.4, -0.2) is 4.57 Å². The maximum atomic E-state index is 3.98. The van der Waals surface area contributed by atoms with E-state index in [1.165, 1.54) is 60.4 Å². The third-order valence-electron chi connectivity index (χ3n) is 9.30. The van der Waals surface area contributed by atoms with Crippen molar-refractivity contribution >= 4 is 55.1 Å². The lowest BCUT2D eigenvalue weighted by atomic mass is 9.95. The molecule has 8 aromatic rings. The molecule has 0 bridgehead atoms. The van der Waals surface area contributed by atoms with Gasteiger partial charge < -0.3 is 9.88 Å². The Labute approximate surface area is 287 Å². The number of hydrogen-bond acceptors (Lipinski definition) is 1. The number of aromatic nitrogens is 1. The summed E-state index contributed by atoms with van der Waals surface area (Å²) in [4.78, 5) is 0. The highest BCUT2D eigenvalue weighted by Gasteiger charge is 2.12. The maximum Gasteiger partial charge on any atom is 0.0541 e. The first-order valence-electron chi connectivity index (χ1n) is 16.7. The normalized spacial score (nSPS) is 12.1. The molecule has 0 aliphatic heterocycles. The smallest absolute Gasteiger partial charge is 0.0541 e. The third kappa shape index (κ3) is 5.86. The molecule has 234 valence electrons. The standard InChI is InChI=1S/C47H36N2/c1-3-12-38(43-20-11-14-36-13-4-5-17-42(36)43)31-33(2)34-23-27-39(28-24-34)48-40-29-25-35(26-30-40)37-15-10-16-41(32-37)49-46-21-8-6-18-44(46)45-19-7-9-22-47(45)49/h3-32,48H,1H2,2H3/b33-31+,38-12+. The molecule has 0 saturated carbocycles. The second-order valence-electron chi connectivity index (χ2n) is 12.4. The highest BCUT2D eigenvalue weighted by Crippen LogP contribution is 2.34. The summed E-state index contributed by atoms with van der Waals surface area (Å²) >= 11 is 0. The van der Waals surface area contributed by atoms with Crippen LogP contribution in [0.3, 0.4) is 0 Å². The number of para-hydroxylation sites is 2. The molecule has 0 aliphatic carbocycles. The molecule has 0 atom stereocenters. The largest absolute Gasteiger partial charge is 0.356 e. The number of hydrogen-bond donors (Lipinski definition) is 1. The van der Waals surface area contributed by atoms with Crippen LogP contribution in [0.25, 0.3) is 60.5 Å². The molecule has 1 aromatic heterocycles. The predicted molar refractivity (Wildman–Crippen MR) is 212 cm³/mol. The molecule has 0 aliphatic rings. The lowest BCUT2D eigenvalue weighted by Crippen LogP contribution is -1.94. The number of benzene rings is 7. The monoisotopic (exact) mass is 628 g/mol. The van der Waals surface area contributed by atoms with Gasteiger partial charge in [0.25, 0.3) is 0 Å². The number of rotatable bonds is 8. The van der Waals surface area contributed by atoms with Crippen LogP contribution in [0.1, 0.15) is 18.1 Å². The summed E-state index contributed by atoms with van der Waals surface area (Å²) in [7, 11) is 0. The van der Waals surface area contributed by atoms with Crippen molar-refractivity contribution in [3.63, 3.8) is 0 Å². The third-order valence-corrected chi connectivity index (χ3v) is 9.30. The fourth-order valence-electron chi connectivity index (χ4n) is 6.89. The molecule has 0 amide bonds. The predicted octanol–water partition coefficient (Wildman–Crippen LogP) is 13.0. The van der Waals surface area contributed by atoms with Gasteiger partial charge in [0.15, 0.2) is 0 Å². The van der Waals surface area contributed by atoms with Crippen LogP contribution in [0.15, 0.2) is 189 Å². The van der Waals surface area contributed by atoms with Crippen molar-refractivity contribution in [2.24, 2.45) is 0 Å². The number of nitrogens with zero attached hydrogens (tertiary/aromatic N) is 1. The summed E-state index contributed by atoms with van der Waals surface area (Å²) in [5.41, 5.74) is 12.8. The minimum Gasteiger partial charge on any atom is -0.356 e. The first-order chi connectivity index (χ1) is 24.2. The summed E-state index contributed by atoms with van der Waals surface area (Å²) in [5.74, 6) is 0. The number of anilines is 2. The summed E-state index contributed by atoms with van der Waals surface area (Å²) in [6.07, 6.45) is 6.20. The molecule has 2 nitrogen and oxygen atoms in total. The fraction of sp³-hybridized carbons (Fsp3) is 0.0213. The second kappa shape index (κ2) is 13.0. The molecule has 0 radical (unpaired) electrons. The molecular formula is C47H36N2. The van der Waals surface area contributed by atoms with Crippen LogP contribution in [0.4, 0.5) is 11.4 Å². The highest BCUT2D eigenvalue weighted by atomic mass is 15.0. The molecule has 1 heterocycles. The van der Waals surface area contributed by atoms with Crippen LogP contribution in [0.5, 0.6) is 0 Å². The SMILES string of the molecule is C=C/C=C(\C=C(/C)c1ccc(Nc2ccc(-c3cccc(-n4c5ccccc5c5ccccc54)c3)cc2)cc1)c1cccc2ccccc12. The van der Waals surface area contributed by atoms with Crippen molar-refractivity contribution < 1.29 is 0 Å². The molecule has 2 heteroatoms. The van der Waals surface area contributed by atoms with E-state index in [2.05, 4.69) is 199 Å². The Morgan fingerprint density at radius 2 is 1.16 bits per heavy atom. The van der Waals surface area contributed by atoms with Gasteiger partial charge in [0.2, 0.25) is 0 Å². The lowest BCUT2D eigenvalue weighted by Gasteiger charge is -2.12. The van der Waals surface area contributed by atoms with Crippen LogP contribution in [-0.2, 0) is 0 Å². The van der Waals surface area contributed by atoms with Gasteiger partial charge in [-0.2, -0.15) is 0 Å². The van der Waals surface area contributed by atoms with Crippen LogP contribution in [0, 0.1) is 0 Å². The van der Waals surface area contributed by atoms with Gasteiger partial charge in [0.05, 0.1) is 11.0 Å². The van der Waals surface area contributed by atoms with E-state index in [0.29, 0.717) is 0 Å². The fourth-order valence-corrected chi connectivity index (χ4v) is 6.89. The molecule has 8 rings (SSSR count). The average molecular weight is 629 g/mol. The van der Waals surface area contributed by atoms with Gasteiger partial charge in [-0.05, 0) is 99.6 Å². The number of fused-ring (bicyclic) bond motifs is 4. The number of nitrogens with one attached hydrogen (secondary N) is 1. The number of allylic oxidation sites excluding steroid dienone is 5. The Hall–Kier alpha value is -6.38. The van der Waals surface area contributed by atoms with E-state index < -0.39 is 0 Å². The van der Waals surface area contributed by atoms with Gasteiger partial charge in [-0.3, -0.25) is 0 Å². The van der Waals surface area contributed by atoms with Gasteiger partial charge in [-0.1, -0.05) is 140 Å². The molecular weight excluding hydrogens is 593 g/mol. The van der Waals surface area contributed by atoms with E-state index in [1.54, 1.807) is 0 Å². The second-order valence-corrected chi connectivity index (χ2v) is 12.4. The molecule has 0 spiro atoms. The molecule has 0 fully saturated rings. The summed E-state index contributed by atoms with van der Waals surface area (Å²) in [5, 5.41) is 8.60. The van der Waals surface area contributed by atoms with E-state index >= 15 is 0 Å². The Morgan fingerprint density at radius 1 is 0.571 bits per heavy atom.